The Hall–Kier alpha value is -3.23. The lowest BCUT2D eigenvalue weighted by Crippen LogP contribution is -2.43. The van der Waals surface area contributed by atoms with Crippen LogP contribution in [-0.2, 0) is 26.1 Å². The lowest BCUT2D eigenvalue weighted by atomic mass is 10.0. The molecule has 1 aliphatic heterocycles. The number of amides is 1. The number of carbonyl (C=O) groups is 1. The van der Waals surface area contributed by atoms with E-state index >= 15 is 0 Å². The Bertz CT molecular complexity index is 1600. The fourth-order valence-corrected chi connectivity index (χ4v) is 6.74. The highest BCUT2D eigenvalue weighted by Crippen LogP contribution is 2.34. The van der Waals surface area contributed by atoms with Gasteiger partial charge in [-0.2, -0.15) is 4.31 Å². The molecule has 0 aromatic heterocycles. The van der Waals surface area contributed by atoms with Gasteiger partial charge in [0.1, 0.15) is 23.2 Å². The summed E-state index contributed by atoms with van der Waals surface area (Å²) in [4.78, 5) is 26.4. The van der Waals surface area contributed by atoms with Crippen LogP contribution in [0.5, 0.6) is 11.5 Å². The van der Waals surface area contributed by atoms with Crippen LogP contribution in [0.3, 0.4) is 0 Å². The van der Waals surface area contributed by atoms with E-state index in [1.54, 1.807) is 31.3 Å². The minimum absolute atomic E-state index is 0.0442. The molecule has 230 valence electrons. The van der Waals surface area contributed by atoms with Gasteiger partial charge in [-0.25, -0.2) is 8.42 Å². The van der Waals surface area contributed by atoms with Crippen molar-refractivity contribution in [2.45, 2.75) is 31.3 Å². The van der Waals surface area contributed by atoms with Crippen molar-refractivity contribution in [3.8, 4) is 11.5 Å². The van der Waals surface area contributed by atoms with Crippen LogP contribution < -0.4 is 10.1 Å². The predicted molar refractivity (Wildman–Crippen MR) is 167 cm³/mol. The third kappa shape index (κ3) is 7.84. The van der Waals surface area contributed by atoms with Crippen molar-refractivity contribution in [1.82, 2.24) is 9.21 Å². The van der Waals surface area contributed by atoms with Crippen molar-refractivity contribution in [2.24, 2.45) is 5.92 Å². The molecule has 43 heavy (non-hydrogen) atoms. The van der Waals surface area contributed by atoms with E-state index in [0.717, 1.165) is 11.6 Å². The molecule has 0 radical (unpaired) electrons. The minimum Gasteiger partial charge on any atom is -0.456 e. The maximum absolute atomic E-state index is 13.7. The van der Waals surface area contributed by atoms with Crippen LogP contribution in [-0.4, -0.2) is 67.8 Å². The van der Waals surface area contributed by atoms with Crippen molar-refractivity contribution in [2.75, 3.05) is 38.7 Å². The van der Waals surface area contributed by atoms with Gasteiger partial charge in [-0.1, -0.05) is 43.6 Å². The topological polar surface area (TPSA) is 131 Å². The van der Waals surface area contributed by atoms with Crippen molar-refractivity contribution >= 4 is 54.8 Å². The molecule has 0 bridgehead atoms. The van der Waals surface area contributed by atoms with Gasteiger partial charge in [0.2, 0.25) is 15.9 Å². The number of carbonyl (C=O) groups excluding carboxylic acids is 1. The van der Waals surface area contributed by atoms with Gasteiger partial charge in [-0.15, -0.1) is 0 Å². The number of hydrogen-bond acceptors (Lipinski definition) is 8. The number of para-hydroxylation sites is 1. The van der Waals surface area contributed by atoms with E-state index in [9.17, 15) is 23.3 Å². The highest BCUT2D eigenvalue weighted by molar-refractivity contribution is 9.10. The summed E-state index contributed by atoms with van der Waals surface area (Å²) in [6.45, 7) is 4.67. The zero-order valence-electron chi connectivity index (χ0n) is 23.8. The van der Waals surface area contributed by atoms with Gasteiger partial charge >= 0.3 is 0 Å². The Morgan fingerprint density at radius 1 is 1.14 bits per heavy atom. The molecular weight excluding hydrogens is 664 g/mol. The van der Waals surface area contributed by atoms with Crippen LogP contribution in [0.2, 0.25) is 5.02 Å². The number of anilines is 1. The molecular formula is C29H32BrClN4O7S. The number of benzene rings is 3. The maximum Gasteiger partial charge on any atom is 0.293 e. The van der Waals surface area contributed by atoms with Crippen LogP contribution in [0.1, 0.15) is 19.4 Å². The monoisotopic (exact) mass is 694 g/mol. The molecule has 14 heteroatoms. The smallest absolute Gasteiger partial charge is 0.293 e. The molecule has 1 amide bonds. The molecule has 0 saturated carbocycles. The Kier molecular flexibility index (Phi) is 10.7. The largest absolute Gasteiger partial charge is 0.456 e. The molecule has 3 aromatic carbocycles. The first-order chi connectivity index (χ1) is 20.4. The van der Waals surface area contributed by atoms with Gasteiger partial charge in [0.25, 0.3) is 5.69 Å². The molecule has 1 saturated heterocycles. The molecule has 3 aromatic rings. The molecule has 0 aliphatic carbocycles. The highest BCUT2D eigenvalue weighted by Gasteiger charge is 2.32. The summed E-state index contributed by atoms with van der Waals surface area (Å²) >= 11 is 9.50. The summed E-state index contributed by atoms with van der Waals surface area (Å²) < 4.78 is 39.5. The van der Waals surface area contributed by atoms with Gasteiger partial charge < -0.3 is 19.7 Å². The fourth-order valence-electron chi connectivity index (χ4n) is 4.54. The minimum atomic E-state index is -3.95. The summed E-state index contributed by atoms with van der Waals surface area (Å²) in [6.07, 6.45) is 0. The molecule has 1 N–H and O–H groups in total. The first-order valence-corrected chi connectivity index (χ1v) is 16.1. The van der Waals surface area contributed by atoms with Crippen molar-refractivity contribution < 1.29 is 27.6 Å². The Labute approximate surface area is 264 Å². The van der Waals surface area contributed by atoms with E-state index in [1.165, 1.54) is 21.3 Å². The normalized spacial score (nSPS) is 14.7. The van der Waals surface area contributed by atoms with E-state index in [0.29, 0.717) is 21.0 Å². The van der Waals surface area contributed by atoms with Gasteiger partial charge in [0.05, 0.1) is 27.5 Å². The van der Waals surface area contributed by atoms with Crippen molar-refractivity contribution in [1.29, 1.82) is 0 Å². The number of ether oxygens (including phenoxy) is 2. The van der Waals surface area contributed by atoms with Crippen LogP contribution in [0, 0.1) is 16.0 Å². The summed E-state index contributed by atoms with van der Waals surface area (Å²) in [7, 11) is -2.31. The van der Waals surface area contributed by atoms with Crippen LogP contribution >= 0.6 is 27.5 Å². The lowest BCUT2D eigenvalue weighted by Gasteiger charge is -2.28. The number of nitro benzene ring substituents is 1. The Balaban J connectivity index is 1.55. The van der Waals surface area contributed by atoms with E-state index < -0.39 is 26.7 Å². The molecule has 1 fully saturated rings. The van der Waals surface area contributed by atoms with Gasteiger partial charge in [-0.3, -0.25) is 14.9 Å². The number of halogens is 2. The standard InChI is InChI=1S/C29H32BrClN4O7S/c1-19(2)28(32-24-10-9-22(17-25(24)35(37)38)43(39,40)34-12-14-41-15-13-34)29(36)33(3)18-20-6-4-5-7-26(20)42-27-11-8-21(31)16-23(27)30/h4-11,16-17,19,28,32H,12-15,18H2,1-3H3/t28-/m0/s1. The second-order valence-electron chi connectivity index (χ2n) is 10.3. The maximum atomic E-state index is 13.7. The number of nitrogens with zero attached hydrogens (tertiary/aromatic N) is 3. The SMILES string of the molecule is CC(C)[C@H](Nc1ccc(S(=O)(=O)N2CCOCC2)cc1[N+](=O)[O-])C(=O)N(C)Cc1ccccc1Oc1ccc(Cl)cc1Br. The van der Waals surface area contributed by atoms with Gasteiger partial charge in [0, 0.05) is 43.3 Å². The number of nitrogens with one attached hydrogen (secondary N) is 1. The first-order valence-electron chi connectivity index (χ1n) is 13.5. The number of sulfonamides is 1. The third-order valence-electron chi connectivity index (χ3n) is 6.89. The summed E-state index contributed by atoms with van der Waals surface area (Å²) in [5.41, 5.74) is 0.344. The molecule has 1 aliphatic rings. The van der Waals surface area contributed by atoms with Crippen LogP contribution in [0.25, 0.3) is 0 Å². The van der Waals surface area contributed by atoms with E-state index in [1.807, 2.05) is 32.0 Å². The van der Waals surface area contributed by atoms with Crippen LogP contribution in [0.4, 0.5) is 11.4 Å². The van der Waals surface area contributed by atoms with Gasteiger partial charge in [0.15, 0.2) is 0 Å². The number of likely N-dealkylation sites (N-methyl/N-ethyl adjacent to an activating group) is 1. The van der Waals surface area contributed by atoms with Crippen molar-refractivity contribution in [3.05, 3.63) is 85.8 Å². The third-order valence-corrected chi connectivity index (χ3v) is 9.64. The van der Waals surface area contributed by atoms with E-state index in [-0.39, 0.29) is 55.3 Å². The summed E-state index contributed by atoms with van der Waals surface area (Å²) in [5, 5.41) is 15.6. The molecule has 0 spiro atoms. The van der Waals surface area contributed by atoms with E-state index in [4.69, 9.17) is 21.1 Å². The molecule has 1 heterocycles. The van der Waals surface area contributed by atoms with Crippen molar-refractivity contribution in [3.63, 3.8) is 0 Å². The Morgan fingerprint density at radius 3 is 2.49 bits per heavy atom. The van der Waals surface area contributed by atoms with Crippen LogP contribution in [0.15, 0.2) is 70.0 Å². The zero-order chi connectivity index (χ0) is 31.3. The molecule has 0 unspecified atom stereocenters. The second-order valence-corrected chi connectivity index (χ2v) is 13.5. The molecule has 4 rings (SSSR count). The Morgan fingerprint density at radius 2 is 1.84 bits per heavy atom. The first kappa shape index (κ1) is 32.7. The summed E-state index contributed by atoms with van der Waals surface area (Å²) in [6, 6.07) is 15.3. The highest BCUT2D eigenvalue weighted by atomic mass is 79.9. The fraction of sp³-hybridized carbons (Fsp3) is 0.345. The number of rotatable bonds is 11. The predicted octanol–water partition coefficient (Wildman–Crippen LogP) is 5.92. The zero-order valence-corrected chi connectivity index (χ0v) is 27.0. The second kappa shape index (κ2) is 14.0. The summed E-state index contributed by atoms with van der Waals surface area (Å²) in [5.74, 6) is 0.533. The number of morpholine rings is 1. The quantitative estimate of drug-likeness (QED) is 0.193. The average molecular weight is 696 g/mol. The average Bonchev–Trinajstić information content (AvgIpc) is 2.98. The van der Waals surface area contributed by atoms with E-state index in [2.05, 4.69) is 21.2 Å². The molecule has 1 atom stereocenters. The number of hydrogen-bond donors (Lipinski definition) is 1. The molecule has 11 nitrogen and oxygen atoms in total. The lowest BCUT2D eigenvalue weighted by molar-refractivity contribution is -0.384. The number of nitro groups is 1. The van der Waals surface area contributed by atoms with Gasteiger partial charge in [-0.05, 0) is 58.2 Å².